The van der Waals surface area contributed by atoms with E-state index in [0.29, 0.717) is 6.54 Å². The number of para-hydroxylation sites is 1. The number of rotatable bonds is 14. The van der Waals surface area contributed by atoms with Gasteiger partial charge < -0.3 is 30.0 Å². The van der Waals surface area contributed by atoms with Crippen LogP contribution in [0, 0.1) is 0 Å². The molecular formula is C31H47N3O4. The number of aliphatic hydroxyl groups excluding tert-OH is 1. The van der Waals surface area contributed by atoms with E-state index in [-0.39, 0.29) is 12.2 Å². The Morgan fingerprint density at radius 3 is 2.42 bits per heavy atom. The van der Waals surface area contributed by atoms with Crippen molar-refractivity contribution in [2.75, 3.05) is 25.0 Å². The Kier molecular flexibility index (Phi) is 9.55. The first-order valence-corrected chi connectivity index (χ1v) is 15.1. The maximum absolute atomic E-state index is 10.4. The molecule has 38 heavy (non-hydrogen) atoms. The molecule has 0 amide bonds. The summed E-state index contributed by atoms with van der Waals surface area (Å²) in [5, 5.41) is 18.9. The standard InChI is InChI=1S/C31H47N3O4/c1-31(2)37-29-28(35)26(36-30(29)38-31)21-32-19-13-7-5-3-4-6-8-14-20-33-27-22-15-9-11-17-24(22)34-25-18-12-10-16-23(25)27/h9,11,15,17,26,28-30,32,35H,3-8,10,12-14,16,18-21H2,1-2H3,(H,33,34)/t26-,28+,29-,30-/m1/s1. The van der Waals surface area contributed by atoms with Gasteiger partial charge in [-0.25, -0.2) is 0 Å². The van der Waals surface area contributed by atoms with E-state index in [9.17, 15) is 5.11 Å². The lowest BCUT2D eigenvalue weighted by molar-refractivity contribution is -0.214. The van der Waals surface area contributed by atoms with Gasteiger partial charge in [0.15, 0.2) is 12.1 Å². The van der Waals surface area contributed by atoms with Crippen LogP contribution in [0.25, 0.3) is 10.9 Å². The van der Waals surface area contributed by atoms with Crippen molar-refractivity contribution in [1.29, 1.82) is 0 Å². The lowest BCUT2D eigenvalue weighted by Crippen LogP contribution is -2.40. The van der Waals surface area contributed by atoms with Crippen LogP contribution in [0.2, 0.25) is 0 Å². The number of fused-ring (bicyclic) bond motifs is 3. The summed E-state index contributed by atoms with van der Waals surface area (Å²) in [7, 11) is 0. The summed E-state index contributed by atoms with van der Waals surface area (Å²) in [4.78, 5) is 4.95. The molecule has 0 spiro atoms. The van der Waals surface area contributed by atoms with E-state index in [4.69, 9.17) is 19.2 Å². The van der Waals surface area contributed by atoms with Crippen molar-refractivity contribution < 1.29 is 19.3 Å². The van der Waals surface area contributed by atoms with Gasteiger partial charge in [-0.3, -0.25) is 4.98 Å². The van der Waals surface area contributed by atoms with Crippen LogP contribution < -0.4 is 10.6 Å². The van der Waals surface area contributed by atoms with Crippen molar-refractivity contribution in [2.45, 2.75) is 121 Å². The second-order valence-corrected chi connectivity index (χ2v) is 11.7. The molecule has 2 aliphatic heterocycles. The number of anilines is 1. The van der Waals surface area contributed by atoms with Crippen LogP contribution in [0.1, 0.15) is 89.3 Å². The maximum Gasteiger partial charge on any atom is 0.190 e. The Labute approximate surface area is 228 Å². The first-order valence-electron chi connectivity index (χ1n) is 15.1. The summed E-state index contributed by atoms with van der Waals surface area (Å²) in [5.41, 5.74) is 5.26. The largest absolute Gasteiger partial charge is 0.387 e. The Hall–Kier alpha value is -1.77. The molecule has 1 aliphatic carbocycles. The molecule has 7 nitrogen and oxygen atoms in total. The zero-order valence-electron chi connectivity index (χ0n) is 23.3. The molecule has 4 atom stereocenters. The second-order valence-electron chi connectivity index (χ2n) is 11.7. The van der Waals surface area contributed by atoms with E-state index in [1.54, 1.807) is 0 Å². The van der Waals surface area contributed by atoms with Crippen LogP contribution in [-0.4, -0.2) is 60.1 Å². The summed E-state index contributed by atoms with van der Waals surface area (Å²) >= 11 is 0. The number of nitrogens with one attached hydrogen (secondary N) is 2. The molecule has 7 heteroatoms. The van der Waals surface area contributed by atoms with Crippen molar-refractivity contribution in [3.8, 4) is 0 Å². The third-order valence-electron chi connectivity index (χ3n) is 8.21. The number of unbranched alkanes of at least 4 members (excludes halogenated alkanes) is 7. The normalized spacial score (nSPS) is 26.0. The summed E-state index contributed by atoms with van der Waals surface area (Å²) < 4.78 is 17.3. The Morgan fingerprint density at radius 1 is 0.921 bits per heavy atom. The van der Waals surface area contributed by atoms with Crippen molar-refractivity contribution >= 4 is 16.6 Å². The van der Waals surface area contributed by atoms with Crippen LogP contribution in [0.5, 0.6) is 0 Å². The number of ether oxygens (including phenoxy) is 3. The van der Waals surface area contributed by atoms with E-state index in [2.05, 4.69) is 34.9 Å². The van der Waals surface area contributed by atoms with Gasteiger partial charge in [-0.05, 0) is 70.5 Å². The molecule has 1 aromatic carbocycles. The highest BCUT2D eigenvalue weighted by Gasteiger charge is 2.53. The molecule has 3 heterocycles. The minimum atomic E-state index is -0.680. The fraction of sp³-hybridized carbons (Fsp3) is 0.710. The monoisotopic (exact) mass is 525 g/mol. The van der Waals surface area contributed by atoms with Crippen LogP contribution in [0.4, 0.5) is 5.69 Å². The van der Waals surface area contributed by atoms with Gasteiger partial charge in [-0.2, -0.15) is 0 Å². The first kappa shape index (κ1) is 27.8. The topological polar surface area (TPSA) is 84.9 Å². The van der Waals surface area contributed by atoms with Crippen molar-refractivity contribution in [3.05, 3.63) is 35.5 Å². The fourth-order valence-corrected chi connectivity index (χ4v) is 6.19. The third kappa shape index (κ3) is 6.86. The average molecular weight is 526 g/mol. The number of aromatic nitrogens is 1. The van der Waals surface area contributed by atoms with Crippen LogP contribution in [-0.2, 0) is 27.1 Å². The van der Waals surface area contributed by atoms with E-state index >= 15 is 0 Å². The molecule has 0 bridgehead atoms. The molecule has 2 aromatic rings. The van der Waals surface area contributed by atoms with Gasteiger partial charge in [-0.15, -0.1) is 0 Å². The number of aliphatic hydroxyl groups is 1. The Morgan fingerprint density at radius 2 is 1.63 bits per heavy atom. The molecule has 0 unspecified atom stereocenters. The molecule has 0 saturated carbocycles. The minimum Gasteiger partial charge on any atom is -0.387 e. The molecule has 210 valence electrons. The molecule has 0 radical (unpaired) electrons. The van der Waals surface area contributed by atoms with Gasteiger partial charge >= 0.3 is 0 Å². The zero-order chi connectivity index (χ0) is 26.4. The van der Waals surface area contributed by atoms with E-state index < -0.39 is 18.2 Å². The second kappa shape index (κ2) is 13.1. The van der Waals surface area contributed by atoms with Crippen molar-refractivity contribution in [3.63, 3.8) is 0 Å². The fourth-order valence-electron chi connectivity index (χ4n) is 6.19. The molecule has 3 aliphatic rings. The molecule has 1 aromatic heterocycles. The SMILES string of the molecule is CC1(C)O[C@H]2O[C@H](CNCCCCCCCCCCNc3c4c(nc5ccccc35)CCCC4)[C@H](O)[C@H]2O1. The van der Waals surface area contributed by atoms with Gasteiger partial charge in [0.1, 0.15) is 18.3 Å². The summed E-state index contributed by atoms with van der Waals surface area (Å²) in [6, 6.07) is 8.59. The average Bonchev–Trinajstić information content (AvgIpc) is 3.37. The van der Waals surface area contributed by atoms with E-state index in [1.807, 2.05) is 13.8 Å². The van der Waals surface area contributed by atoms with Gasteiger partial charge in [0, 0.05) is 29.9 Å². The van der Waals surface area contributed by atoms with Gasteiger partial charge in [0.2, 0.25) is 0 Å². The number of hydrogen-bond acceptors (Lipinski definition) is 7. The van der Waals surface area contributed by atoms with Gasteiger partial charge in [0.05, 0.1) is 5.52 Å². The molecular weight excluding hydrogens is 478 g/mol. The third-order valence-corrected chi connectivity index (χ3v) is 8.21. The zero-order valence-corrected chi connectivity index (χ0v) is 23.3. The quantitative estimate of drug-likeness (QED) is 0.282. The van der Waals surface area contributed by atoms with Crippen LogP contribution >= 0.6 is 0 Å². The smallest absolute Gasteiger partial charge is 0.190 e. The van der Waals surface area contributed by atoms with Crippen LogP contribution in [0.15, 0.2) is 24.3 Å². The summed E-state index contributed by atoms with van der Waals surface area (Å²) in [6.45, 7) is 6.33. The lowest BCUT2D eigenvalue weighted by atomic mass is 9.92. The number of hydrogen-bond donors (Lipinski definition) is 3. The number of pyridine rings is 1. The molecule has 5 rings (SSSR count). The van der Waals surface area contributed by atoms with E-state index in [1.165, 1.54) is 80.1 Å². The highest BCUT2D eigenvalue weighted by atomic mass is 16.8. The lowest BCUT2D eigenvalue weighted by Gasteiger charge is -2.23. The van der Waals surface area contributed by atoms with Crippen molar-refractivity contribution in [2.24, 2.45) is 0 Å². The number of benzene rings is 1. The van der Waals surface area contributed by atoms with Gasteiger partial charge in [0.25, 0.3) is 0 Å². The highest BCUT2D eigenvalue weighted by Crippen LogP contribution is 2.37. The maximum atomic E-state index is 10.4. The van der Waals surface area contributed by atoms with Crippen LogP contribution in [0.3, 0.4) is 0 Å². The predicted molar refractivity (Wildman–Crippen MR) is 151 cm³/mol. The van der Waals surface area contributed by atoms with E-state index in [0.717, 1.165) is 37.9 Å². The Balaban J connectivity index is 0.887. The first-order chi connectivity index (χ1) is 18.5. The molecule has 2 fully saturated rings. The minimum absolute atomic E-state index is 0.265. The predicted octanol–water partition coefficient (Wildman–Crippen LogP) is 5.47. The van der Waals surface area contributed by atoms with Crippen molar-refractivity contribution in [1.82, 2.24) is 10.3 Å². The summed E-state index contributed by atoms with van der Waals surface area (Å²) in [5.74, 6) is -0.680. The summed E-state index contributed by atoms with van der Waals surface area (Å²) in [6.07, 6.45) is 13.2. The highest BCUT2D eigenvalue weighted by molar-refractivity contribution is 5.93. The van der Waals surface area contributed by atoms with Gasteiger partial charge in [-0.1, -0.05) is 56.7 Å². The number of nitrogens with zero attached hydrogens (tertiary/aromatic N) is 1. The Bertz CT molecular complexity index is 1050. The number of aryl methyl sites for hydroxylation is 1. The molecule has 3 N–H and O–H groups in total. The molecule has 2 saturated heterocycles.